The van der Waals surface area contributed by atoms with Gasteiger partial charge >= 0.3 is 6.09 Å². The molecule has 4 atom stereocenters. The van der Waals surface area contributed by atoms with Crippen molar-refractivity contribution in [3.8, 4) is 0 Å². The standard InChI is InChI=1S/C23H35N3O4/c1-4-21(30-3)11-16-12-22(27)25(15(16)2)17-7-9-24(10-8-17)20-13-18-5-6-19(14-20)26(18)23(28)29/h4,17-21H,1,5-14H2,2-3H3,(H,28,29)/t18-,19+,20?,21?. The van der Waals surface area contributed by atoms with Crippen LogP contribution in [-0.4, -0.2) is 82.3 Å². The van der Waals surface area contributed by atoms with Gasteiger partial charge in [0.25, 0.3) is 0 Å². The highest BCUT2D eigenvalue weighted by atomic mass is 16.5. The van der Waals surface area contributed by atoms with Crippen LogP contribution in [0.25, 0.3) is 0 Å². The zero-order valence-electron chi connectivity index (χ0n) is 18.3. The molecule has 0 aromatic rings. The average Bonchev–Trinajstić information content (AvgIpc) is 3.17. The van der Waals surface area contributed by atoms with E-state index in [0.717, 1.165) is 63.7 Å². The summed E-state index contributed by atoms with van der Waals surface area (Å²) in [5.74, 6) is 0.215. The number of carboxylic acid groups (broad SMARTS) is 1. The summed E-state index contributed by atoms with van der Waals surface area (Å²) in [5, 5.41) is 9.49. The van der Waals surface area contributed by atoms with Crippen LogP contribution in [0.4, 0.5) is 4.79 Å². The maximum absolute atomic E-state index is 12.8. The lowest BCUT2D eigenvalue weighted by molar-refractivity contribution is -0.129. The molecule has 2 amide bonds. The minimum Gasteiger partial charge on any atom is -0.465 e. The average molecular weight is 418 g/mol. The number of allylic oxidation sites excluding steroid dienone is 1. The first-order valence-corrected chi connectivity index (χ1v) is 11.3. The molecular formula is C23H35N3O4. The molecule has 0 aromatic heterocycles. The number of hydrogen-bond donors (Lipinski definition) is 1. The van der Waals surface area contributed by atoms with Crippen molar-refractivity contribution < 1.29 is 19.4 Å². The molecule has 3 fully saturated rings. The Balaban J connectivity index is 1.35. The van der Waals surface area contributed by atoms with Crippen molar-refractivity contribution in [3.05, 3.63) is 23.9 Å². The summed E-state index contributed by atoms with van der Waals surface area (Å²) >= 11 is 0. The van der Waals surface area contributed by atoms with E-state index in [1.54, 1.807) is 18.1 Å². The van der Waals surface area contributed by atoms with Crippen molar-refractivity contribution in [3.63, 3.8) is 0 Å². The Bertz CT molecular complexity index is 714. The molecule has 3 saturated heterocycles. The van der Waals surface area contributed by atoms with E-state index in [1.807, 2.05) is 4.90 Å². The molecule has 7 nitrogen and oxygen atoms in total. The Morgan fingerprint density at radius 3 is 2.33 bits per heavy atom. The lowest BCUT2D eigenvalue weighted by Crippen LogP contribution is -2.55. The minimum absolute atomic E-state index is 0.0448. The Hall–Kier alpha value is -1.86. The van der Waals surface area contributed by atoms with Crippen molar-refractivity contribution in [2.24, 2.45) is 0 Å². The predicted molar refractivity (Wildman–Crippen MR) is 114 cm³/mol. The number of fused-ring (bicyclic) bond motifs is 2. The van der Waals surface area contributed by atoms with Crippen LogP contribution in [0.3, 0.4) is 0 Å². The van der Waals surface area contributed by atoms with Gasteiger partial charge in [-0.15, -0.1) is 6.58 Å². The molecule has 30 heavy (non-hydrogen) atoms. The molecule has 1 N–H and O–H groups in total. The molecule has 0 aromatic carbocycles. The number of likely N-dealkylation sites (tertiary alicyclic amines) is 1. The van der Waals surface area contributed by atoms with Crippen molar-refractivity contribution in [1.82, 2.24) is 14.7 Å². The summed E-state index contributed by atoms with van der Waals surface area (Å²) in [5.41, 5.74) is 2.28. The summed E-state index contributed by atoms with van der Waals surface area (Å²) in [6, 6.07) is 1.13. The van der Waals surface area contributed by atoms with E-state index >= 15 is 0 Å². The molecule has 4 aliphatic rings. The molecule has 0 aliphatic carbocycles. The van der Waals surface area contributed by atoms with Crippen LogP contribution in [0.15, 0.2) is 23.9 Å². The first-order valence-electron chi connectivity index (χ1n) is 11.3. The first-order chi connectivity index (χ1) is 14.4. The monoisotopic (exact) mass is 417 g/mol. The predicted octanol–water partition coefficient (Wildman–Crippen LogP) is 3.22. The summed E-state index contributed by atoms with van der Waals surface area (Å²) in [6.07, 6.45) is 8.13. The quantitative estimate of drug-likeness (QED) is 0.672. The topological polar surface area (TPSA) is 73.3 Å². The van der Waals surface area contributed by atoms with Crippen LogP contribution < -0.4 is 0 Å². The molecule has 0 radical (unpaired) electrons. The SMILES string of the molecule is C=CC(CC1=C(C)N(C2CCN(C3C[C@H]4CC[C@@H](C3)N4C(=O)O)CC2)C(=O)C1)OC. The lowest BCUT2D eigenvalue weighted by Gasteiger charge is -2.45. The number of piperidine rings is 2. The van der Waals surface area contributed by atoms with Gasteiger partial charge in [-0.3, -0.25) is 4.79 Å². The number of carbonyl (C=O) groups is 2. The van der Waals surface area contributed by atoms with E-state index in [4.69, 9.17) is 4.74 Å². The Morgan fingerprint density at radius 2 is 1.80 bits per heavy atom. The van der Waals surface area contributed by atoms with Gasteiger partial charge in [0, 0.05) is 56.5 Å². The maximum Gasteiger partial charge on any atom is 0.407 e. The van der Waals surface area contributed by atoms with Crippen LogP contribution >= 0.6 is 0 Å². The largest absolute Gasteiger partial charge is 0.465 e. The van der Waals surface area contributed by atoms with Gasteiger partial charge in [0.05, 0.1) is 12.5 Å². The molecule has 4 rings (SSSR count). The van der Waals surface area contributed by atoms with Gasteiger partial charge in [0.2, 0.25) is 5.91 Å². The van der Waals surface area contributed by atoms with Crippen molar-refractivity contribution in [2.75, 3.05) is 20.2 Å². The number of nitrogens with zero attached hydrogens (tertiary/aromatic N) is 3. The third-order valence-corrected chi connectivity index (χ3v) is 7.83. The van der Waals surface area contributed by atoms with Gasteiger partial charge in [-0.25, -0.2) is 4.79 Å². The highest BCUT2D eigenvalue weighted by Gasteiger charge is 2.45. The Morgan fingerprint density at radius 1 is 1.17 bits per heavy atom. The molecule has 0 spiro atoms. The van der Waals surface area contributed by atoms with Gasteiger partial charge in [-0.1, -0.05) is 6.08 Å². The Labute approximate surface area is 179 Å². The molecule has 0 saturated carbocycles. The van der Waals surface area contributed by atoms with Crippen molar-refractivity contribution in [2.45, 2.75) is 88.6 Å². The fraction of sp³-hybridized carbons (Fsp3) is 0.739. The second-order valence-electron chi connectivity index (χ2n) is 9.31. The Kier molecular flexibility index (Phi) is 6.21. The van der Waals surface area contributed by atoms with E-state index in [1.165, 1.54) is 5.57 Å². The number of carbonyl (C=O) groups excluding carboxylic acids is 1. The zero-order chi connectivity index (χ0) is 21.4. The molecule has 2 unspecified atom stereocenters. The second kappa shape index (κ2) is 8.71. The summed E-state index contributed by atoms with van der Waals surface area (Å²) in [4.78, 5) is 30.6. The highest BCUT2D eigenvalue weighted by molar-refractivity contribution is 5.84. The van der Waals surface area contributed by atoms with E-state index in [9.17, 15) is 14.7 Å². The van der Waals surface area contributed by atoms with Gasteiger partial charge in [0.15, 0.2) is 0 Å². The molecule has 4 aliphatic heterocycles. The van der Waals surface area contributed by atoms with Crippen molar-refractivity contribution in [1.29, 1.82) is 0 Å². The number of rotatable bonds is 6. The number of ether oxygens (including phenoxy) is 1. The van der Waals surface area contributed by atoms with E-state index < -0.39 is 6.09 Å². The van der Waals surface area contributed by atoms with E-state index in [2.05, 4.69) is 18.4 Å². The number of methoxy groups -OCH3 is 1. The smallest absolute Gasteiger partial charge is 0.407 e. The van der Waals surface area contributed by atoms with E-state index in [0.29, 0.717) is 12.5 Å². The van der Waals surface area contributed by atoms with Gasteiger partial charge in [0.1, 0.15) is 0 Å². The summed E-state index contributed by atoms with van der Waals surface area (Å²) in [6.45, 7) is 7.87. The lowest BCUT2D eigenvalue weighted by atomic mass is 9.93. The van der Waals surface area contributed by atoms with Crippen LogP contribution in [0.1, 0.15) is 58.3 Å². The van der Waals surface area contributed by atoms with E-state index in [-0.39, 0.29) is 30.1 Å². The van der Waals surface area contributed by atoms with Crippen LogP contribution in [0.5, 0.6) is 0 Å². The third kappa shape index (κ3) is 3.89. The molecule has 4 heterocycles. The summed E-state index contributed by atoms with van der Waals surface area (Å²) < 4.78 is 5.42. The van der Waals surface area contributed by atoms with Crippen molar-refractivity contribution >= 4 is 12.0 Å². The second-order valence-corrected chi connectivity index (χ2v) is 9.31. The fourth-order valence-electron chi connectivity index (χ4n) is 6.22. The summed E-state index contributed by atoms with van der Waals surface area (Å²) in [7, 11) is 1.68. The molecule has 7 heteroatoms. The van der Waals surface area contributed by atoms with Gasteiger partial charge in [-0.05, 0) is 51.0 Å². The number of amides is 2. The first kappa shape index (κ1) is 21.4. The minimum atomic E-state index is -0.752. The molecule has 166 valence electrons. The van der Waals surface area contributed by atoms with Gasteiger partial charge < -0.3 is 24.5 Å². The molecular weight excluding hydrogens is 382 g/mol. The van der Waals surface area contributed by atoms with Crippen LogP contribution in [0, 0.1) is 0 Å². The third-order valence-electron chi connectivity index (χ3n) is 7.83. The normalized spacial score (nSPS) is 31.5. The molecule has 2 bridgehead atoms. The van der Waals surface area contributed by atoms with Crippen LogP contribution in [-0.2, 0) is 9.53 Å². The highest BCUT2D eigenvalue weighted by Crippen LogP contribution is 2.39. The zero-order valence-corrected chi connectivity index (χ0v) is 18.3. The maximum atomic E-state index is 12.8. The van der Waals surface area contributed by atoms with Gasteiger partial charge in [-0.2, -0.15) is 0 Å². The van der Waals surface area contributed by atoms with Crippen LogP contribution in [0.2, 0.25) is 0 Å². The number of hydrogen-bond acceptors (Lipinski definition) is 4. The fourth-order valence-corrected chi connectivity index (χ4v) is 6.22.